The van der Waals surface area contributed by atoms with Crippen LogP contribution in [0.3, 0.4) is 0 Å². The molecule has 2 heterocycles. The normalized spacial score (nSPS) is 33.4. The summed E-state index contributed by atoms with van der Waals surface area (Å²) in [6.07, 6.45) is 0. The number of hydrogen-bond acceptors (Lipinski definition) is 5. The van der Waals surface area contributed by atoms with Gasteiger partial charge in [0.1, 0.15) is 11.2 Å². The van der Waals surface area contributed by atoms with Gasteiger partial charge in [-0.15, -0.1) is 0 Å². The van der Waals surface area contributed by atoms with Gasteiger partial charge in [0.25, 0.3) is 0 Å². The van der Waals surface area contributed by atoms with E-state index < -0.39 is 19.6 Å². The summed E-state index contributed by atoms with van der Waals surface area (Å²) < 4.78 is 31.3. The predicted molar refractivity (Wildman–Crippen MR) is 110 cm³/mol. The highest BCUT2D eigenvalue weighted by molar-refractivity contribution is 7.49. The Morgan fingerprint density at radius 3 is 2.07 bits per heavy atom. The second-order valence-electron chi connectivity index (χ2n) is 9.52. The quantitative estimate of drug-likeness (QED) is 0.571. The van der Waals surface area contributed by atoms with Crippen LogP contribution < -0.4 is 4.74 Å². The minimum atomic E-state index is -1.15. The van der Waals surface area contributed by atoms with Crippen LogP contribution >= 0.6 is 17.4 Å². The van der Waals surface area contributed by atoms with Gasteiger partial charge in [-0.2, -0.15) is 0 Å². The number of hydrogen-bond donors (Lipinski definition) is 0. The average Bonchev–Trinajstić information content (AvgIpc) is 2.58. The molecule has 152 valence electrons. The molecule has 0 radical (unpaired) electrons. The van der Waals surface area contributed by atoms with Crippen LogP contribution in [0.2, 0.25) is 0 Å². The fraction of sp³-hybridized carbons (Fsp3) is 0.700. The van der Waals surface area contributed by atoms with Crippen molar-refractivity contribution in [3.63, 3.8) is 0 Å². The first kappa shape index (κ1) is 21.4. The Hall–Kier alpha value is -0.280. The summed E-state index contributed by atoms with van der Waals surface area (Å²) in [4.78, 5) is 0. The van der Waals surface area contributed by atoms with Crippen LogP contribution in [0.25, 0.3) is 0 Å². The van der Waals surface area contributed by atoms with E-state index in [1.807, 2.05) is 12.1 Å². The maximum absolute atomic E-state index is 6.79. The molecule has 0 saturated carbocycles. The Kier molecular flexibility index (Phi) is 5.97. The Balaban J connectivity index is 2.09. The van der Waals surface area contributed by atoms with Gasteiger partial charge in [0, 0.05) is 10.6 Å². The van der Waals surface area contributed by atoms with Crippen molar-refractivity contribution in [1.29, 1.82) is 0 Å². The van der Waals surface area contributed by atoms with E-state index in [-0.39, 0.29) is 19.6 Å². The Morgan fingerprint density at radius 1 is 0.963 bits per heavy atom. The van der Waals surface area contributed by atoms with Crippen molar-refractivity contribution in [2.45, 2.75) is 59.4 Å². The lowest BCUT2D eigenvalue weighted by molar-refractivity contribution is -0.304. The van der Waals surface area contributed by atoms with E-state index >= 15 is 0 Å². The van der Waals surface area contributed by atoms with Gasteiger partial charge < -0.3 is 18.3 Å². The lowest BCUT2D eigenvalue weighted by Gasteiger charge is -2.60. The molecule has 0 aromatic heterocycles. The zero-order valence-corrected chi connectivity index (χ0v) is 19.3. The fourth-order valence-electron chi connectivity index (χ4n) is 3.52. The largest absolute Gasteiger partial charge is 0.461 e. The molecule has 0 N–H and O–H groups in total. The topological polar surface area (TPSA) is 46.2 Å². The van der Waals surface area contributed by atoms with Gasteiger partial charge in [-0.3, -0.25) is 4.52 Å². The monoisotopic (exact) mass is 414 g/mol. The summed E-state index contributed by atoms with van der Waals surface area (Å²) in [6, 6.07) is 8.11. The summed E-state index contributed by atoms with van der Waals surface area (Å²) in [7, 11) is -1.10. The molecule has 7 heteroatoms. The zero-order valence-electron chi connectivity index (χ0n) is 17.4. The van der Waals surface area contributed by atoms with E-state index in [0.717, 1.165) is 5.75 Å². The van der Waals surface area contributed by atoms with E-state index in [9.17, 15) is 0 Å². The number of ether oxygens (including phenoxy) is 1. The van der Waals surface area contributed by atoms with Gasteiger partial charge in [0.15, 0.2) is 17.4 Å². The SMILES string of the molecule is Cc1ccc(OC2(C(C)(C)C)OP(C(C)(C)C)OCC23COPOC3)cc1. The highest BCUT2D eigenvalue weighted by atomic mass is 31.2. The molecule has 1 aromatic carbocycles. The second-order valence-corrected chi connectivity index (χ2v) is 12.6. The van der Waals surface area contributed by atoms with Gasteiger partial charge in [0.2, 0.25) is 5.79 Å². The Labute approximate surface area is 166 Å². The molecule has 2 atom stereocenters. The van der Waals surface area contributed by atoms with E-state index in [4.69, 9.17) is 22.8 Å². The van der Waals surface area contributed by atoms with Gasteiger partial charge >= 0.3 is 0 Å². The van der Waals surface area contributed by atoms with Crippen LogP contribution in [0.15, 0.2) is 24.3 Å². The van der Waals surface area contributed by atoms with Gasteiger partial charge in [-0.25, -0.2) is 0 Å². The first-order valence-electron chi connectivity index (χ1n) is 9.36. The van der Waals surface area contributed by atoms with Crippen LogP contribution in [-0.2, 0) is 18.1 Å². The van der Waals surface area contributed by atoms with Crippen molar-refractivity contribution in [3.05, 3.63) is 29.8 Å². The van der Waals surface area contributed by atoms with Crippen molar-refractivity contribution >= 4 is 17.4 Å². The molecule has 0 amide bonds. The van der Waals surface area contributed by atoms with Crippen LogP contribution in [0.1, 0.15) is 47.1 Å². The van der Waals surface area contributed by atoms with Gasteiger partial charge in [-0.05, 0) is 19.1 Å². The molecule has 2 fully saturated rings. The molecule has 0 aliphatic carbocycles. The minimum Gasteiger partial charge on any atom is -0.461 e. The minimum absolute atomic E-state index is 0.0472. The van der Waals surface area contributed by atoms with Crippen LogP contribution in [0, 0.1) is 17.8 Å². The average molecular weight is 414 g/mol. The van der Waals surface area contributed by atoms with E-state index in [2.05, 4.69) is 60.6 Å². The lowest BCUT2D eigenvalue weighted by Crippen LogP contribution is -2.69. The second kappa shape index (κ2) is 7.52. The molecule has 5 nitrogen and oxygen atoms in total. The summed E-state index contributed by atoms with van der Waals surface area (Å²) >= 11 is 0. The molecule has 2 aliphatic heterocycles. The van der Waals surface area contributed by atoms with Crippen molar-refractivity contribution < 1.29 is 22.8 Å². The third kappa shape index (κ3) is 4.06. The highest BCUT2D eigenvalue weighted by Gasteiger charge is 2.67. The van der Waals surface area contributed by atoms with Crippen LogP contribution in [-0.4, -0.2) is 30.8 Å². The maximum atomic E-state index is 6.79. The third-order valence-corrected chi connectivity index (χ3v) is 7.41. The first-order valence-corrected chi connectivity index (χ1v) is 11.4. The number of benzene rings is 1. The molecule has 1 spiro atoms. The molecular formula is C20H32O5P2. The summed E-state index contributed by atoms with van der Waals surface area (Å²) in [5.41, 5.74) is 0.323. The standard InChI is InChI=1S/C20H32O5P2/c1-15-8-10-16(11-9-15)24-20(17(2,3)4)19(12-21-26-22-13-19)14-23-27(25-20)18(5,6)7/h8-11,26H,12-14H2,1-7H3. The van der Waals surface area contributed by atoms with Gasteiger partial charge in [0.05, 0.1) is 19.8 Å². The molecule has 2 saturated heterocycles. The smallest absolute Gasteiger partial charge is 0.233 e. The molecular weight excluding hydrogens is 382 g/mol. The van der Waals surface area contributed by atoms with Crippen molar-refractivity contribution in [2.75, 3.05) is 19.8 Å². The predicted octanol–water partition coefficient (Wildman–Crippen LogP) is 5.82. The summed E-state index contributed by atoms with van der Waals surface area (Å²) in [5.74, 6) is -0.147. The van der Waals surface area contributed by atoms with E-state index in [1.165, 1.54) is 5.56 Å². The molecule has 0 bridgehead atoms. The molecule has 27 heavy (non-hydrogen) atoms. The molecule has 2 aliphatic rings. The van der Waals surface area contributed by atoms with E-state index in [1.54, 1.807) is 0 Å². The third-order valence-electron chi connectivity index (χ3n) is 5.00. The Bertz CT molecular complexity index is 644. The molecule has 1 aromatic rings. The van der Waals surface area contributed by atoms with Crippen LogP contribution in [0.5, 0.6) is 5.75 Å². The van der Waals surface area contributed by atoms with E-state index in [0.29, 0.717) is 19.8 Å². The maximum Gasteiger partial charge on any atom is 0.233 e. The number of aryl methyl sites for hydroxylation is 1. The van der Waals surface area contributed by atoms with Crippen molar-refractivity contribution in [2.24, 2.45) is 10.8 Å². The number of rotatable bonds is 2. The zero-order chi connectivity index (χ0) is 19.9. The first-order chi connectivity index (χ1) is 12.5. The van der Waals surface area contributed by atoms with Gasteiger partial charge in [-0.1, -0.05) is 59.2 Å². The van der Waals surface area contributed by atoms with Crippen LogP contribution in [0.4, 0.5) is 0 Å². The summed E-state index contributed by atoms with van der Waals surface area (Å²) in [5, 5.41) is -0.123. The fourth-order valence-corrected chi connectivity index (χ4v) is 6.09. The lowest BCUT2D eigenvalue weighted by atomic mass is 9.68. The van der Waals surface area contributed by atoms with Crippen molar-refractivity contribution in [1.82, 2.24) is 0 Å². The summed E-state index contributed by atoms with van der Waals surface area (Å²) in [6.45, 7) is 16.4. The molecule has 3 rings (SSSR count). The highest BCUT2D eigenvalue weighted by Crippen LogP contribution is 2.66. The molecule has 2 unspecified atom stereocenters. The van der Waals surface area contributed by atoms with Crippen molar-refractivity contribution in [3.8, 4) is 5.75 Å². The Morgan fingerprint density at radius 2 is 1.56 bits per heavy atom.